The first kappa shape index (κ1) is 22.2. The Morgan fingerprint density at radius 3 is 2.48 bits per heavy atom. The fourth-order valence-electron chi connectivity index (χ4n) is 1.45. The normalized spacial score (nSPS) is 9.29. The minimum Gasteiger partial charge on any atom is -0.383 e. The summed E-state index contributed by atoms with van der Waals surface area (Å²) < 4.78 is 4.91. The molecule has 6 nitrogen and oxygen atoms in total. The lowest BCUT2D eigenvalue weighted by Gasteiger charge is -2.11. The molecule has 0 unspecified atom stereocenters. The van der Waals surface area contributed by atoms with Gasteiger partial charge in [-0.1, -0.05) is 0 Å². The molecule has 0 aliphatic carbocycles. The molecule has 0 aromatic carbocycles. The van der Waals surface area contributed by atoms with Gasteiger partial charge >= 0.3 is 0 Å². The second-order valence-electron chi connectivity index (χ2n) is 4.30. The molecule has 1 aromatic heterocycles. The van der Waals surface area contributed by atoms with Gasteiger partial charge in [-0.05, 0) is 12.1 Å². The maximum Gasteiger partial charge on any atom is 0.252 e. The number of pyridine rings is 1. The number of hydrogen-bond acceptors (Lipinski definition) is 5. The highest BCUT2D eigenvalue weighted by Gasteiger charge is 2.05. The van der Waals surface area contributed by atoms with Gasteiger partial charge in [-0.3, -0.25) is 4.79 Å². The minimum atomic E-state index is -0.105. The van der Waals surface area contributed by atoms with Crippen LogP contribution in [0.3, 0.4) is 0 Å². The van der Waals surface area contributed by atoms with Crippen molar-refractivity contribution in [2.24, 2.45) is 0 Å². The van der Waals surface area contributed by atoms with Crippen molar-refractivity contribution in [3.8, 4) is 0 Å². The Kier molecular flexibility index (Phi) is 13.4. The van der Waals surface area contributed by atoms with Crippen molar-refractivity contribution in [3.63, 3.8) is 0 Å². The van der Waals surface area contributed by atoms with Gasteiger partial charge in [0.05, 0.1) is 12.2 Å². The molecular formula is C13H24Cl2N4O2. The molecule has 1 heterocycles. The minimum absolute atomic E-state index is 0. The number of ether oxygens (including phenoxy) is 1. The van der Waals surface area contributed by atoms with E-state index < -0.39 is 0 Å². The van der Waals surface area contributed by atoms with Crippen molar-refractivity contribution >= 4 is 36.5 Å². The zero-order chi connectivity index (χ0) is 14.1. The molecule has 1 rings (SSSR count). The SMILES string of the molecule is COCCNCCNC(=O)c1ccc(N(C)C)nc1.Cl.Cl. The predicted molar refractivity (Wildman–Crippen MR) is 90.1 cm³/mol. The summed E-state index contributed by atoms with van der Waals surface area (Å²) in [5.41, 5.74) is 0.572. The van der Waals surface area contributed by atoms with Gasteiger partial charge in [0.15, 0.2) is 0 Å². The number of amides is 1. The van der Waals surface area contributed by atoms with Gasteiger partial charge in [0, 0.05) is 47.0 Å². The van der Waals surface area contributed by atoms with Crippen LogP contribution in [0.2, 0.25) is 0 Å². The average Bonchev–Trinajstić information content (AvgIpc) is 2.42. The van der Waals surface area contributed by atoms with Crippen LogP contribution in [0.4, 0.5) is 5.82 Å². The highest BCUT2D eigenvalue weighted by molar-refractivity contribution is 5.94. The number of halogens is 2. The molecule has 1 amide bonds. The van der Waals surface area contributed by atoms with Gasteiger partial charge < -0.3 is 20.3 Å². The lowest BCUT2D eigenvalue weighted by molar-refractivity contribution is 0.0953. The van der Waals surface area contributed by atoms with E-state index in [0.29, 0.717) is 18.7 Å². The number of rotatable bonds is 8. The quantitative estimate of drug-likeness (QED) is 0.691. The topological polar surface area (TPSA) is 66.5 Å². The molecule has 1 aromatic rings. The van der Waals surface area contributed by atoms with E-state index in [-0.39, 0.29) is 30.7 Å². The number of carbonyl (C=O) groups excluding carboxylic acids is 1. The number of nitrogens with zero attached hydrogens (tertiary/aromatic N) is 2. The molecule has 0 aliphatic heterocycles. The van der Waals surface area contributed by atoms with E-state index in [9.17, 15) is 4.79 Å². The molecular weight excluding hydrogens is 315 g/mol. The van der Waals surface area contributed by atoms with Gasteiger partial charge in [-0.15, -0.1) is 24.8 Å². The summed E-state index contributed by atoms with van der Waals surface area (Å²) in [6, 6.07) is 3.60. The second-order valence-corrected chi connectivity index (χ2v) is 4.30. The lowest BCUT2D eigenvalue weighted by Crippen LogP contribution is -2.33. The monoisotopic (exact) mass is 338 g/mol. The summed E-state index contributed by atoms with van der Waals surface area (Å²) in [7, 11) is 5.48. The van der Waals surface area contributed by atoms with Gasteiger partial charge in [0.2, 0.25) is 0 Å². The molecule has 0 saturated heterocycles. The van der Waals surface area contributed by atoms with E-state index in [1.165, 1.54) is 0 Å². The first-order valence-electron chi connectivity index (χ1n) is 6.26. The molecule has 0 bridgehead atoms. The Labute approximate surface area is 138 Å². The van der Waals surface area contributed by atoms with E-state index in [1.54, 1.807) is 19.4 Å². The maximum absolute atomic E-state index is 11.8. The molecule has 8 heteroatoms. The number of hydrogen-bond donors (Lipinski definition) is 2. The van der Waals surface area contributed by atoms with E-state index in [4.69, 9.17) is 4.74 Å². The van der Waals surface area contributed by atoms with E-state index >= 15 is 0 Å². The molecule has 122 valence electrons. The standard InChI is InChI=1S/C13H22N4O2.2ClH/c1-17(2)12-5-4-11(10-16-12)13(18)15-7-6-14-8-9-19-3;;/h4-5,10,14H,6-9H2,1-3H3,(H,15,18);2*1H. The van der Waals surface area contributed by atoms with Crippen LogP contribution in [0.25, 0.3) is 0 Å². The molecule has 0 radical (unpaired) electrons. The smallest absolute Gasteiger partial charge is 0.252 e. The summed E-state index contributed by atoms with van der Waals surface area (Å²) in [6.07, 6.45) is 1.59. The Hall–Kier alpha value is -1.08. The van der Waals surface area contributed by atoms with Crippen molar-refractivity contribution in [2.45, 2.75) is 0 Å². The fraction of sp³-hybridized carbons (Fsp3) is 0.538. The van der Waals surface area contributed by atoms with Crippen molar-refractivity contribution in [2.75, 3.05) is 52.3 Å². The van der Waals surface area contributed by atoms with Crippen molar-refractivity contribution in [1.82, 2.24) is 15.6 Å². The van der Waals surface area contributed by atoms with Crippen LogP contribution in [-0.2, 0) is 4.74 Å². The van der Waals surface area contributed by atoms with Crippen LogP contribution in [0.1, 0.15) is 10.4 Å². The zero-order valence-electron chi connectivity index (χ0n) is 12.6. The zero-order valence-corrected chi connectivity index (χ0v) is 14.2. The van der Waals surface area contributed by atoms with Crippen molar-refractivity contribution in [3.05, 3.63) is 23.9 Å². The number of nitrogens with one attached hydrogen (secondary N) is 2. The summed E-state index contributed by atoms with van der Waals surface area (Å²) in [4.78, 5) is 17.9. The Balaban J connectivity index is 0. The largest absolute Gasteiger partial charge is 0.383 e. The van der Waals surface area contributed by atoms with E-state index in [0.717, 1.165) is 18.9 Å². The second kappa shape index (κ2) is 12.6. The predicted octanol–water partition coefficient (Wildman–Crippen LogP) is 0.957. The molecule has 0 aliphatic rings. The number of carbonyl (C=O) groups is 1. The number of methoxy groups -OCH3 is 1. The van der Waals surface area contributed by atoms with Crippen molar-refractivity contribution < 1.29 is 9.53 Å². The molecule has 0 saturated carbocycles. The molecule has 0 fully saturated rings. The van der Waals surface area contributed by atoms with Gasteiger partial charge in [0.1, 0.15) is 5.82 Å². The summed E-state index contributed by atoms with van der Waals surface area (Å²) in [6.45, 7) is 2.76. The van der Waals surface area contributed by atoms with Crippen LogP contribution in [-0.4, -0.2) is 58.3 Å². The van der Waals surface area contributed by atoms with Crippen molar-refractivity contribution in [1.29, 1.82) is 0 Å². The third-order valence-electron chi connectivity index (χ3n) is 2.54. The highest BCUT2D eigenvalue weighted by atomic mass is 35.5. The number of aromatic nitrogens is 1. The van der Waals surface area contributed by atoms with Crippen LogP contribution < -0.4 is 15.5 Å². The third-order valence-corrected chi connectivity index (χ3v) is 2.54. The summed E-state index contributed by atoms with van der Waals surface area (Å²) >= 11 is 0. The average molecular weight is 339 g/mol. The third kappa shape index (κ3) is 8.72. The Morgan fingerprint density at radius 1 is 1.24 bits per heavy atom. The van der Waals surface area contributed by atoms with Gasteiger partial charge in [0.25, 0.3) is 5.91 Å². The first-order chi connectivity index (χ1) is 9.15. The van der Waals surface area contributed by atoms with Crippen LogP contribution in [0.5, 0.6) is 0 Å². The Morgan fingerprint density at radius 2 is 1.95 bits per heavy atom. The molecule has 2 N–H and O–H groups in total. The first-order valence-corrected chi connectivity index (χ1v) is 6.26. The summed E-state index contributed by atoms with van der Waals surface area (Å²) in [5, 5.41) is 5.98. The lowest BCUT2D eigenvalue weighted by atomic mass is 10.2. The molecule has 0 atom stereocenters. The van der Waals surface area contributed by atoms with Crippen LogP contribution in [0.15, 0.2) is 18.3 Å². The maximum atomic E-state index is 11.8. The fourth-order valence-corrected chi connectivity index (χ4v) is 1.45. The van der Waals surface area contributed by atoms with E-state index in [2.05, 4.69) is 15.6 Å². The van der Waals surface area contributed by atoms with Gasteiger partial charge in [-0.2, -0.15) is 0 Å². The van der Waals surface area contributed by atoms with Crippen LogP contribution >= 0.6 is 24.8 Å². The molecule has 0 spiro atoms. The van der Waals surface area contributed by atoms with Crippen LogP contribution in [0, 0.1) is 0 Å². The summed E-state index contributed by atoms with van der Waals surface area (Å²) in [5.74, 6) is 0.726. The highest BCUT2D eigenvalue weighted by Crippen LogP contribution is 2.07. The van der Waals surface area contributed by atoms with E-state index in [1.807, 2.05) is 25.1 Å². The molecule has 21 heavy (non-hydrogen) atoms. The number of anilines is 1. The van der Waals surface area contributed by atoms with Gasteiger partial charge in [-0.25, -0.2) is 4.98 Å². The Bertz CT molecular complexity index is 388.